The zero-order chi connectivity index (χ0) is 26.1. The van der Waals surface area contributed by atoms with E-state index in [0.717, 1.165) is 0 Å². The lowest BCUT2D eigenvalue weighted by Gasteiger charge is -2.57. The molecule has 1 aliphatic carbocycles. The molecule has 0 aromatic carbocycles. The van der Waals surface area contributed by atoms with Crippen LogP contribution in [0.5, 0.6) is 0 Å². The zero-order valence-electron chi connectivity index (χ0n) is 21.8. The summed E-state index contributed by atoms with van der Waals surface area (Å²) in [4.78, 5) is 38.0. The number of hydrogen-bond acceptors (Lipinski definition) is 10. The number of esters is 3. The predicted octanol–water partition coefficient (Wildman–Crippen LogP) is 1.81. The zero-order valence-corrected chi connectivity index (χ0v) is 21.8. The molecule has 198 valence electrons. The maximum absolute atomic E-state index is 13.2. The van der Waals surface area contributed by atoms with Gasteiger partial charge in [0.1, 0.15) is 11.7 Å². The molecule has 1 spiro atoms. The van der Waals surface area contributed by atoms with Gasteiger partial charge in [0.25, 0.3) is 0 Å². The van der Waals surface area contributed by atoms with Gasteiger partial charge in [-0.1, -0.05) is 34.6 Å². The van der Waals surface area contributed by atoms with E-state index in [-0.39, 0.29) is 6.61 Å². The van der Waals surface area contributed by atoms with Gasteiger partial charge in [0, 0.05) is 31.3 Å². The average molecular weight is 499 g/mol. The van der Waals surface area contributed by atoms with Gasteiger partial charge in [0.05, 0.1) is 25.0 Å². The SMILES string of the molecule is COC(=O)C(C)[C@H]1CCC2(C)C13OC1OC(=O)[C@H](OC)C12[C@H](C(C)(C)C)[C@@H](OC(C)=O)CO[C@H]3O. The molecule has 5 unspecified atom stereocenters. The minimum Gasteiger partial charge on any atom is -0.469 e. The molecule has 10 heteroatoms. The third kappa shape index (κ3) is 3.19. The summed E-state index contributed by atoms with van der Waals surface area (Å²) in [5, 5.41) is 11.6. The van der Waals surface area contributed by atoms with Crippen LogP contribution < -0.4 is 0 Å². The molecule has 3 saturated heterocycles. The van der Waals surface area contributed by atoms with Crippen LogP contribution in [0.25, 0.3) is 0 Å². The van der Waals surface area contributed by atoms with E-state index in [1.54, 1.807) is 6.92 Å². The fourth-order valence-electron chi connectivity index (χ4n) is 8.20. The summed E-state index contributed by atoms with van der Waals surface area (Å²) < 4.78 is 35.2. The molecule has 35 heavy (non-hydrogen) atoms. The van der Waals surface area contributed by atoms with Crippen LogP contribution in [0.1, 0.15) is 54.4 Å². The van der Waals surface area contributed by atoms with Crippen molar-refractivity contribution in [2.24, 2.45) is 34.0 Å². The second-order valence-electron chi connectivity index (χ2n) is 11.7. The number of aliphatic hydroxyl groups excluding tert-OH is 1. The topological polar surface area (TPSA) is 127 Å². The third-order valence-electron chi connectivity index (χ3n) is 9.22. The lowest BCUT2D eigenvalue weighted by atomic mass is 9.46. The standard InChI is InChI=1S/C25H38O10/c1-12(18(27)31-8)14-9-10-23(6)24-16(22(3,4)5)15(33-13(2)26)11-32-20(29)25(14,23)35-21(24)34-19(28)17(24)30-7/h12,14-17,20-21,29H,9-11H2,1-8H3/t12?,14-,15+,16+,17+,20-,21?,23?,24?,25?/m1/s1. The van der Waals surface area contributed by atoms with Gasteiger partial charge in [-0.3, -0.25) is 9.59 Å². The van der Waals surface area contributed by atoms with Crippen LogP contribution in [0.15, 0.2) is 0 Å². The largest absolute Gasteiger partial charge is 0.469 e. The van der Waals surface area contributed by atoms with Crippen LogP contribution in [0.2, 0.25) is 0 Å². The maximum atomic E-state index is 13.2. The molecule has 4 aliphatic rings. The second kappa shape index (κ2) is 8.39. The minimum atomic E-state index is -1.48. The summed E-state index contributed by atoms with van der Waals surface area (Å²) in [6.45, 7) is 10.9. The summed E-state index contributed by atoms with van der Waals surface area (Å²) in [7, 11) is 2.77. The molecular formula is C25H38O10. The van der Waals surface area contributed by atoms with E-state index >= 15 is 0 Å². The highest BCUT2D eigenvalue weighted by Crippen LogP contribution is 2.77. The molecule has 1 N–H and O–H groups in total. The van der Waals surface area contributed by atoms with E-state index < -0.39 is 82.3 Å². The van der Waals surface area contributed by atoms with Crippen LogP contribution in [0, 0.1) is 34.0 Å². The maximum Gasteiger partial charge on any atom is 0.338 e. The van der Waals surface area contributed by atoms with Gasteiger partial charge in [0.15, 0.2) is 12.4 Å². The van der Waals surface area contributed by atoms with Crippen molar-refractivity contribution in [1.29, 1.82) is 0 Å². The Hall–Kier alpha value is -1.75. The molecule has 10 atom stereocenters. The van der Waals surface area contributed by atoms with E-state index in [1.165, 1.54) is 21.1 Å². The molecular weight excluding hydrogens is 460 g/mol. The lowest BCUT2D eigenvalue weighted by Crippen LogP contribution is -2.68. The Bertz CT molecular complexity index is 897. The first-order chi connectivity index (χ1) is 16.2. The molecule has 0 amide bonds. The Balaban J connectivity index is 2.02. The van der Waals surface area contributed by atoms with Crippen molar-refractivity contribution in [3.05, 3.63) is 0 Å². The van der Waals surface area contributed by atoms with Crippen LogP contribution in [-0.2, 0) is 42.8 Å². The van der Waals surface area contributed by atoms with Gasteiger partial charge in [-0.05, 0) is 18.3 Å². The number of carbonyl (C=O) groups excluding carboxylic acids is 3. The van der Waals surface area contributed by atoms with E-state index in [2.05, 4.69) is 0 Å². The molecule has 0 aromatic rings. The number of carbonyl (C=O) groups is 3. The highest BCUT2D eigenvalue weighted by molar-refractivity contribution is 5.80. The quantitative estimate of drug-likeness (QED) is 0.453. The summed E-state index contributed by atoms with van der Waals surface area (Å²) in [6, 6.07) is 0. The van der Waals surface area contributed by atoms with E-state index in [1.807, 2.05) is 27.7 Å². The van der Waals surface area contributed by atoms with Crippen molar-refractivity contribution >= 4 is 17.9 Å². The van der Waals surface area contributed by atoms with Gasteiger partial charge >= 0.3 is 17.9 Å². The van der Waals surface area contributed by atoms with Crippen LogP contribution in [0.4, 0.5) is 0 Å². The Morgan fingerprint density at radius 2 is 1.89 bits per heavy atom. The molecule has 10 nitrogen and oxygen atoms in total. The predicted molar refractivity (Wildman–Crippen MR) is 119 cm³/mol. The van der Waals surface area contributed by atoms with Gasteiger partial charge in [-0.25, -0.2) is 4.79 Å². The normalized spacial score (nSPS) is 45.6. The summed E-state index contributed by atoms with van der Waals surface area (Å²) >= 11 is 0. The van der Waals surface area contributed by atoms with Crippen molar-refractivity contribution < 1.29 is 47.9 Å². The van der Waals surface area contributed by atoms with Crippen molar-refractivity contribution in [2.45, 2.75) is 84.8 Å². The van der Waals surface area contributed by atoms with Gasteiger partial charge in [0.2, 0.25) is 6.29 Å². The second-order valence-corrected chi connectivity index (χ2v) is 11.7. The van der Waals surface area contributed by atoms with Crippen LogP contribution in [-0.4, -0.2) is 74.2 Å². The summed E-state index contributed by atoms with van der Waals surface area (Å²) in [6.07, 6.45) is -3.43. The van der Waals surface area contributed by atoms with Gasteiger partial charge in [-0.2, -0.15) is 0 Å². The molecule has 3 aliphatic heterocycles. The fraction of sp³-hybridized carbons (Fsp3) is 0.880. The number of hydrogen-bond donors (Lipinski definition) is 1. The molecule has 2 bridgehead atoms. The third-order valence-corrected chi connectivity index (χ3v) is 9.22. The first-order valence-corrected chi connectivity index (χ1v) is 12.2. The van der Waals surface area contributed by atoms with Gasteiger partial charge < -0.3 is 33.5 Å². The number of rotatable bonds is 4. The van der Waals surface area contributed by atoms with Crippen molar-refractivity contribution in [3.8, 4) is 0 Å². The Labute approximate surface area is 205 Å². The number of methoxy groups -OCH3 is 2. The van der Waals surface area contributed by atoms with Crippen molar-refractivity contribution in [3.63, 3.8) is 0 Å². The van der Waals surface area contributed by atoms with E-state index in [4.69, 9.17) is 28.4 Å². The minimum absolute atomic E-state index is 0.123. The number of ether oxygens (including phenoxy) is 6. The molecule has 1 saturated carbocycles. The average Bonchev–Trinajstić information content (AvgIpc) is 3.29. The molecule has 0 radical (unpaired) electrons. The molecule has 3 heterocycles. The summed E-state index contributed by atoms with van der Waals surface area (Å²) in [5.74, 6) is -3.13. The highest BCUT2D eigenvalue weighted by Gasteiger charge is 2.87. The molecule has 4 fully saturated rings. The Kier molecular flexibility index (Phi) is 6.31. The molecule has 4 rings (SSSR count). The van der Waals surface area contributed by atoms with Crippen molar-refractivity contribution in [1.82, 2.24) is 0 Å². The smallest absolute Gasteiger partial charge is 0.338 e. The molecule has 0 aromatic heterocycles. The van der Waals surface area contributed by atoms with E-state index in [0.29, 0.717) is 12.8 Å². The first kappa shape index (κ1) is 26.3. The van der Waals surface area contributed by atoms with Crippen molar-refractivity contribution in [2.75, 3.05) is 20.8 Å². The Morgan fingerprint density at radius 3 is 2.43 bits per heavy atom. The summed E-state index contributed by atoms with van der Waals surface area (Å²) in [5.41, 5.74) is -4.04. The lowest BCUT2D eigenvalue weighted by molar-refractivity contribution is -0.296. The highest BCUT2D eigenvalue weighted by atomic mass is 16.8. The first-order valence-electron chi connectivity index (χ1n) is 12.2. The fourth-order valence-corrected chi connectivity index (χ4v) is 8.20. The number of aliphatic hydroxyl groups is 1. The Morgan fingerprint density at radius 1 is 1.23 bits per heavy atom. The van der Waals surface area contributed by atoms with Gasteiger partial charge in [-0.15, -0.1) is 0 Å². The van der Waals surface area contributed by atoms with Crippen LogP contribution in [0.3, 0.4) is 0 Å². The monoisotopic (exact) mass is 498 g/mol. The van der Waals surface area contributed by atoms with Crippen LogP contribution >= 0.6 is 0 Å². The van der Waals surface area contributed by atoms with E-state index in [9.17, 15) is 19.5 Å².